The Hall–Kier alpha value is -0.670. The number of hydrogen-bond acceptors (Lipinski definition) is 4. The lowest BCUT2D eigenvalue weighted by Crippen LogP contribution is -2.47. The molecule has 1 aromatic carbocycles. The second-order valence-electron chi connectivity index (χ2n) is 4.98. The maximum atomic E-state index is 13.8. The van der Waals surface area contributed by atoms with E-state index in [-0.39, 0.29) is 11.9 Å². The van der Waals surface area contributed by atoms with Crippen molar-refractivity contribution in [1.82, 2.24) is 9.03 Å². The molecule has 3 rings (SSSR count). The zero-order valence-corrected chi connectivity index (χ0v) is 13.1. The molecule has 0 bridgehead atoms. The van der Waals surface area contributed by atoms with Crippen LogP contribution in [0.2, 0.25) is 0 Å². The van der Waals surface area contributed by atoms with Gasteiger partial charge in [0.15, 0.2) is 0 Å². The molecule has 0 aromatic heterocycles. The van der Waals surface area contributed by atoms with E-state index in [4.69, 9.17) is 4.74 Å². The van der Waals surface area contributed by atoms with Crippen LogP contribution in [0.4, 0.5) is 4.39 Å². The number of morpholine rings is 1. The summed E-state index contributed by atoms with van der Waals surface area (Å²) in [7, 11) is -3.57. The lowest BCUT2D eigenvalue weighted by molar-refractivity contribution is 0.0723. The van der Waals surface area contributed by atoms with Gasteiger partial charge in [-0.05, 0) is 23.8 Å². The Morgan fingerprint density at radius 2 is 2.10 bits per heavy atom. The maximum Gasteiger partial charge on any atom is 0.280 e. The van der Waals surface area contributed by atoms with Crippen LogP contribution in [0.1, 0.15) is 18.0 Å². The average Bonchev–Trinajstić information content (AvgIpc) is 2.49. The van der Waals surface area contributed by atoms with Gasteiger partial charge in [0.25, 0.3) is 10.2 Å². The van der Waals surface area contributed by atoms with E-state index in [0.29, 0.717) is 43.4 Å². The zero-order chi connectivity index (χ0) is 14.9. The number of ether oxygens (including phenoxy) is 1. The zero-order valence-electron chi connectivity index (χ0n) is 11.4. The summed E-state index contributed by atoms with van der Waals surface area (Å²) in [6.45, 7) is 1.53. The Morgan fingerprint density at radius 3 is 2.86 bits per heavy atom. The van der Waals surface area contributed by atoms with Crippen LogP contribution in [0, 0.1) is 5.82 Å². The van der Waals surface area contributed by atoms with Gasteiger partial charge in [0, 0.05) is 24.0 Å². The number of nitrogens with zero attached hydrogens (tertiary/aromatic N) is 1. The minimum Gasteiger partial charge on any atom is -0.379 e. The molecule has 116 valence electrons. The summed E-state index contributed by atoms with van der Waals surface area (Å²) in [4.78, 5) is 0.554. The van der Waals surface area contributed by atoms with E-state index in [9.17, 15) is 12.8 Å². The average molecular weight is 332 g/mol. The highest BCUT2D eigenvalue weighted by molar-refractivity contribution is 7.99. The van der Waals surface area contributed by atoms with Crippen molar-refractivity contribution in [3.8, 4) is 0 Å². The summed E-state index contributed by atoms with van der Waals surface area (Å²) >= 11 is 1.44. The molecule has 0 aliphatic carbocycles. The first-order chi connectivity index (χ1) is 10.1. The highest BCUT2D eigenvalue weighted by Crippen LogP contribution is 2.38. The first-order valence-electron chi connectivity index (χ1n) is 6.84. The predicted molar refractivity (Wildman–Crippen MR) is 78.9 cm³/mol. The highest BCUT2D eigenvalue weighted by Gasteiger charge is 2.30. The topological polar surface area (TPSA) is 58.6 Å². The number of thioether (sulfide) groups is 1. The van der Waals surface area contributed by atoms with Crippen molar-refractivity contribution in [1.29, 1.82) is 0 Å². The fourth-order valence-electron chi connectivity index (χ4n) is 2.55. The fraction of sp³-hybridized carbons (Fsp3) is 0.538. The summed E-state index contributed by atoms with van der Waals surface area (Å²) in [5, 5.41) is 0. The van der Waals surface area contributed by atoms with Crippen molar-refractivity contribution in [3.63, 3.8) is 0 Å². The van der Waals surface area contributed by atoms with Gasteiger partial charge in [-0.3, -0.25) is 0 Å². The number of fused-ring (bicyclic) bond motifs is 1. The SMILES string of the molecule is O=S(=O)(NC1CCSc2c(F)cccc21)N1CCOCC1. The molecule has 5 nitrogen and oxygen atoms in total. The molecule has 0 saturated carbocycles. The molecule has 1 unspecified atom stereocenters. The minimum atomic E-state index is -3.57. The second-order valence-corrected chi connectivity index (χ2v) is 7.79. The molecule has 1 saturated heterocycles. The van der Waals surface area contributed by atoms with Crippen LogP contribution in [0.5, 0.6) is 0 Å². The molecule has 21 heavy (non-hydrogen) atoms. The molecule has 2 aliphatic heterocycles. The lowest BCUT2D eigenvalue weighted by Gasteiger charge is -2.31. The van der Waals surface area contributed by atoms with E-state index >= 15 is 0 Å². The fourth-order valence-corrected chi connectivity index (χ4v) is 5.07. The quantitative estimate of drug-likeness (QED) is 0.912. The van der Waals surface area contributed by atoms with E-state index in [1.807, 2.05) is 0 Å². The van der Waals surface area contributed by atoms with Gasteiger partial charge in [-0.15, -0.1) is 11.8 Å². The van der Waals surface area contributed by atoms with Crippen LogP contribution in [-0.2, 0) is 14.9 Å². The minimum absolute atomic E-state index is 0.284. The molecule has 1 fully saturated rings. The third kappa shape index (κ3) is 3.24. The number of nitrogens with one attached hydrogen (secondary N) is 1. The summed E-state index contributed by atoms with van der Waals surface area (Å²) in [5.41, 5.74) is 0.725. The van der Waals surface area contributed by atoms with Crippen LogP contribution in [0.3, 0.4) is 0 Å². The molecule has 0 radical (unpaired) electrons. The van der Waals surface area contributed by atoms with Crippen LogP contribution in [0.15, 0.2) is 23.1 Å². The molecular weight excluding hydrogens is 315 g/mol. The van der Waals surface area contributed by atoms with Gasteiger partial charge in [-0.25, -0.2) is 4.39 Å². The normalized spacial score (nSPS) is 23.8. The van der Waals surface area contributed by atoms with Gasteiger partial charge in [0.1, 0.15) is 5.82 Å². The van der Waals surface area contributed by atoms with Crippen LogP contribution < -0.4 is 4.72 Å². The molecule has 1 N–H and O–H groups in total. The van der Waals surface area contributed by atoms with E-state index in [1.54, 1.807) is 12.1 Å². The summed E-state index contributed by atoms with van der Waals surface area (Å²) in [6.07, 6.45) is 0.657. The van der Waals surface area contributed by atoms with Gasteiger partial charge >= 0.3 is 0 Å². The number of halogens is 1. The molecule has 2 aliphatic rings. The van der Waals surface area contributed by atoms with Crippen molar-refractivity contribution in [2.75, 3.05) is 32.1 Å². The molecule has 0 amide bonds. The Labute approximate surface area is 128 Å². The van der Waals surface area contributed by atoms with Crippen molar-refractivity contribution < 1.29 is 17.5 Å². The number of benzene rings is 1. The third-order valence-electron chi connectivity index (χ3n) is 3.63. The Morgan fingerprint density at radius 1 is 1.33 bits per heavy atom. The summed E-state index contributed by atoms with van der Waals surface area (Å²) in [5.74, 6) is 0.414. The molecular formula is C13H17FN2O3S2. The van der Waals surface area contributed by atoms with Crippen molar-refractivity contribution >= 4 is 22.0 Å². The van der Waals surface area contributed by atoms with E-state index < -0.39 is 10.2 Å². The predicted octanol–water partition coefficient (Wildman–Crippen LogP) is 1.53. The van der Waals surface area contributed by atoms with Crippen molar-refractivity contribution in [3.05, 3.63) is 29.6 Å². The maximum absolute atomic E-state index is 13.8. The standard InChI is InChI=1S/C13H17FN2O3S2/c14-11-3-1-2-10-12(4-9-20-13(10)11)15-21(17,18)16-5-7-19-8-6-16/h1-3,12,15H,4-9H2. The highest BCUT2D eigenvalue weighted by atomic mass is 32.2. The smallest absolute Gasteiger partial charge is 0.280 e. The molecule has 2 heterocycles. The van der Waals surface area contributed by atoms with Crippen molar-refractivity contribution in [2.45, 2.75) is 17.4 Å². The lowest BCUT2D eigenvalue weighted by atomic mass is 10.0. The molecule has 8 heteroatoms. The number of hydrogen-bond donors (Lipinski definition) is 1. The van der Waals surface area contributed by atoms with Crippen LogP contribution >= 0.6 is 11.8 Å². The summed E-state index contributed by atoms with van der Waals surface area (Å²) in [6, 6.07) is 4.45. The first-order valence-corrected chi connectivity index (χ1v) is 9.27. The van der Waals surface area contributed by atoms with E-state index in [1.165, 1.54) is 22.1 Å². The van der Waals surface area contributed by atoms with Gasteiger partial charge in [-0.2, -0.15) is 17.4 Å². The van der Waals surface area contributed by atoms with Gasteiger partial charge in [-0.1, -0.05) is 12.1 Å². The second kappa shape index (κ2) is 6.21. The third-order valence-corrected chi connectivity index (χ3v) is 6.41. The Bertz CT molecular complexity index is 618. The van der Waals surface area contributed by atoms with Gasteiger partial charge in [0.2, 0.25) is 0 Å². The van der Waals surface area contributed by atoms with Crippen molar-refractivity contribution in [2.24, 2.45) is 0 Å². The summed E-state index contributed by atoms with van der Waals surface area (Å²) < 4.78 is 47.9. The Balaban J connectivity index is 1.81. The Kier molecular flexibility index (Phi) is 4.51. The van der Waals surface area contributed by atoms with Crippen LogP contribution in [-0.4, -0.2) is 44.8 Å². The molecule has 1 aromatic rings. The first kappa shape index (κ1) is 15.2. The van der Waals surface area contributed by atoms with Gasteiger partial charge < -0.3 is 4.74 Å². The monoisotopic (exact) mass is 332 g/mol. The molecule has 0 spiro atoms. The number of rotatable bonds is 3. The van der Waals surface area contributed by atoms with Gasteiger partial charge in [0.05, 0.1) is 13.2 Å². The van der Waals surface area contributed by atoms with Crippen LogP contribution in [0.25, 0.3) is 0 Å². The molecule has 1 atom stereocenters. The largest absolute Gasteiger partial charge is 0.379 e. The van der Waals surface area contributed by atoms with E-state index in [0.717, 1.165) is 5.56 Å². The van der Waals surface area contributed by atoms with E-state index in [2.05, 4.69) is 4.72 Å².